The topological polar surface area (TPSA) is 28.9 Å². The lowest BCUT2D eigenvalue weighted by Crippen LogP contribution is -1.78. The molecule has 0 fully saturated rings. The van der Waals surface area contributed by atoms with E-state index < -0.39 is 0 Å². The number of furan rings is 1. The average molecular weight is 333 g/mol. The second-order valence-electron chi connectivity index (χ2n) is 6.74. The van der Waals surface area contributed by atoms with Gasteiger partial charge in [0.05, 0.1) is 0 Å². The molecular formula is C24H15NO. The molecule has 6 aromatic rings. The summed E-state index contributed by atoms with van der Waals surface area (Å²) in [6.07, 6.45) is 0. The van der Waals surface area contributed by atoms with Gasteiger partial charge in [-0.2, -0.15) is 0 Å². The molecule has 6 rings (SSSR count). The molecule has 26 heavy (non-hydrogen) atoms. The van der Waals surface area contributed by atoms with Crippen LogP contribution in [0.25, 0.3) is 54.9 Å². The molecule has 0 saturated carbocycles. The first-order valence-corrected chi connectivity index (χ1v) is 8.79. The van der Waals surface area contributed by atoms with Gasteiger partial charge in [0.1, 0.15) is 11.2 Å². The smallest absolute Gasteiger partial charge is 0.136 e. The Morgan fingerprint density at radius 2 is 1.15 bits per heavy atom. The molecule has 0 saturated heterocycles. The number of aromatic nitrogens is 1. The molecular weight excluding hydrogens is 318 g/mol. The summed E-state index contributed by atoms with van der Waals surface area (Å²) >= 11 is 0. The van der Waals surface area contributed by atoms with Crippen molar-refractivity contribution in [2.75, 3.05) is 0 Å². The molecule has 0 radical (unpaired) electrons. The number of nitrogens with one attached hydrogen (secondary N) is 1. The lowest BCUT2D eigenvalue weighted by atomic mass is 10.0. The van der Waals surface area contributed by atoms with Crippen molar-refractivity contribution in [3.8, 4) is 11.1 Å². The van der Waals surface area contributed by atoms with Gasteiger partial charge in [-0.15, -0.1) is 0 Å². The summed E-state index contributed by atoms with van der Waals surface area (Å²) < 4.78 is 6.04. The van der Waals surface area contributed by atoms with Crippen molar-refractivity contribution in [2.24, 2.45) is 0 Å². The van der Waals surface area contributed by atoms with E-state index in [9.17, 15) is 0 Å². The molecule has 0 aliphatic carbocycles. The number of hydrogen-bond donors (Lipinski definition) is 1. The van der Waals surface area contributed by atoms with Gasteiger partial charge in [-0.05, 0) is 41.5 Å². The largest absolute Gasteiger partial charge is 0.456 e. The van der Waals surface area contributed by atoms with E-state index in [1.807, 2.05) is 12.1 Å². The van der Waals surface area contributed by atoms with E-state index in [-0.39, 0.29) is 0 Å². The molecule has 0 bridgehead atoms. The zero-order valence-electron chi connectivity index (χ0n) is 14.0. The molecule has 2 aromatic heterocycles. The van der Waals surface area contributed by atoms with Crippen LogP contribution in [0.3, 0.4) is 0 Å². The van der Waals surface area contributed by atoms with Crippen LogP contribution in [-0.4, -0.2) is 4.98 Å². The van der Waals surface area contributed by atoms with Gasteiger partial charge in [-0.3, -0.25) is 0 Å². The van der Waals surface area contributed by atoms with Crippen molar-refractivity contribution in [2.45, 2.75) is 0 Å². The number of H-pyrrole nitrogens is 1. The Kier molecular flexibility index (Phi) is 2.64. The highest BCUT2D eigenvalue weighted by Crippen LogP contribution is 2.34. The normalized spacial score (nSPS) is 11.8. The van der Waals surface area contributed by atoms with E-state index in [0.717, 1.165) is 27.6 Å². The van der Waals surface area contributed by atoms with Gasteiger partial charge in [0, 0.05) is 32.6 Å². The SMILES string of the molecule is c1ccc2c(c1)[nH]c1cc(-c3ccc4c(c3)oc3ccccc34)ccc12. The maximum absolute atomic E-state index is 6.04. The fraction of sp³-hybridized carbons (Fsp3) is 0. The first-order chi connectivity index (χ1) is 12.9. The zero-order valence-corrected chi connectivity index (χ0v) is 14.0. The van der Waals surface area contributed by atoms with E-state index in [0.29, 0.717) is 0 Å². The highest BCUT2D eigenvalue weighted by Gasteiger charge is 2.09. The molecule has 0 spiro atoms. The third kappa shape index (κ3) is 1.87. The lowest BCUT2D eigenvalue weighted by molar-refractivity contribution is 0.669. The van der Waals surface area contributed by atoms with E-state index in [1.54, 1.807) is 0 Å². The zero-order chi connectivity index (χ0) is 17.1. The molecule has 0 aliphatic rings. The molecule has 0 unspecified atom stereocenters. The predicted octanol–water partition coefficient (Wildman–Crippen LogP) is 6.89. The van der Waals surface area contributed by atoms with Crippen LogP contribution in [0.2, 0.25) is 0 Å². The first-order valence-electron chi connectivity index (χ1n) is 8.79. The van der Waals surface area contributed by atoms with E-state index >= 15 is 0 Å². The number of fused-ring (bicyclic) bond motifs is 6. The Morgan fingerprint density at radius 1 is 0.500 bits per heavy atom. The third-order valence-electron chi connectivity index (χ3n) is 5.22. The van der Waals surface area contributed by atoms with Gasteiger partial charge in [-0.25, -0.2) is 0 Å². The monoisotopic (exact) mass is 333 g/mol. The van der Waals surface area contributed by atoms with Crippen LogP contribution in [0.4, 0.5) is 0 Å². The summed E-state index contributed by atoms with van der Waals surface area (Å²) in [6, 6.07) is 29.7. The van der Waals surface area contributed by atoms with Gasteiger partial charge < -0.3 is 9.40 Å². The summed E-state index contributed by atoms with van der Waals surface area (Å²) in [4.78, 5) is 3.52. The molecule has 0 amide bonds. The average Bonchev–Trinajstić information content (AvgIpc) is 3.24. The number of hydrogen-bond acceptors (Lipinski definition) is 1. The number of benzene rings is 4. The Balaban J connectivity index is 1.57. The van der Waals surface area contributed by atoms with Gasteiger partial charge in [-0.1, -0.05) is 54.6 Å². The molecule has 1 N–H and O–H groups in total. The third-order valence-corrected chi connectivity index (χ3v) is 5.22. The van der Waals surface area contributed by atoms with Gasteiger partial charge in [0.25, 0.3) is 0 Å². The quantitative estimate of drug-likeness (QED) is 0.349. The van der Waals surface area contributed by atoms with Crippen molar-refractivity contribution in [3.05, 3.63) is 84.9 Å². The maximum atomic E-state index is 6.04. The van der Waals surface area contributed by atoms with Crippen LogP contribution in [0, 0.1) is 0 Å². The first kappa shape index (κ1) is 13.7. The summed E-state index contributed by atoms with van der Waals surface area (Å²) in [7, 11) is 0. The summed E-state index contributed by atoms with van der Waals surface area (Å²) in [5.41, 5.74) is 6.55. The Labute approximate surface area is 149 Å². The molecule has 0 aliphatic heterocycles. The fourth-order valence-corrected chi connectivity index (χ4v) is 3.94. The summed E-state index contributed by atoms with van der Waals surface area (Å²) in [6.45, 7) is 0. The molecule has 2 nitrogen and oxygen atoms in total. The van der Waals surface area contributed by atoms with Crippen LogP contribution in [-0.2, 0) is 0 Å². The summed E-state index contributed by atoms with van der Waals surface area (Å²) in [5, 5.41) is 4.85. The number of aromatic amines is 1. The highest BCUT2D eigenvalue weighted by atomic mass is 16.3. The van der Waals surface area contributed by atoms with Crippen molar-refractivity contribution < 1.29 is 4.42 Å². The maximum Gasteiger partial charge on any atom is 0.136 e. The van der Waals surface area contributed by atoms with Crippen molar-refractivity contribution >= 4 is 43.7 Å². The lowest BCUT2D eigenvalue weighted by Gasteiger charge is -2.02. The van der Waals surface area contributed by atoms with Gasteiger partial charge in [0.15, 0.2) is 0 Å². The molecule has 2 heteroatoms. The summed E-state index contributed by atoms with van der Waals surface area (Å²) in [5.74, 6) is 0. The number of rotatable bonds is 1. The Morgan fingerprint density at radius 3 is 2.08 bits per heavy atom. The van der Waals surface area contributed by atoms with Gasteiger partial charge >= 0.3 is 0 Å². The standard InChI is InChI=1S/C24H15NO/c1-3-7-21-17(5-1)18-11-9-15(13-22(18)25-21)16-10-12-20-19-6-2-4-8-23(19)26-24(20)14-16/h1-14,25H. The minimum Gasteiger partial charge on any atom is -0.456 e. The Hall–Kier alpha value is -3.52. The van der Waals surface area contributed by atoms with Crippen LogP contribution >= 0.6 is 0 Å². The van der Waals surface area contributed by atoms with E-state index in [2.05, 4.69) is 77.8 Å². The van der Waals surface area contributed by atoms with Crippen molar-refractivity contribution in [1.29, 1.82) is 0 Å². The number of para-hydroxylation sites is 2. The molecule has 122 valence electrons. The van der Waals surface area contributed by atoms with Crippen molar-refractivity contribution in [3.63, 3.8) is 0 Å². The van der Waals surface area contributed by atoms with Crippen LogP contribution < -0.4 is 0 Å². The fourth-order valence-electron chi connectivity index (χ4n) is 3.94. The predicted molar refractivity (Wildman–Crippen MR) is 109 cm³/mol. The second-order valence-corrected chi connectivity index (χ2v) is 6.74. The Bertz CT molecular complexity index is 1320. The van der Waals surface area contributed by atoms with Crippen LogP contribution in [0.5, 0.6) is 0 Å². The van der Waals surface area contributed by atoms with E-state index in [4.69, 9.17) is 4.42 Å². The molecule has 0 atom stereocenters. The minimum atomic E-state index is 0.931. The van der Waals surface area contributed by atoms with Crippen LogP contribution in [0.15, 0.2) is 89.3 Å². The van der Waals surface area contributed by atoms with Crippen molar-refractivity contribution in [1.82, 2.24) is 4.98 Å². The minimum absolute atomic E-state index is 0.931. The second kappa shape index (κ2) is 4.99. The highest BCUT2D eigenvalue weighted by molar-refractivity contribution is 6.09. The van der Waals surface area contributed by atoms with Gasteiger partial charge in [0.2, 0.25) is 0 Å². The molecule has 4 aromatic carbocycles. The van der Waals surface area contributed by atoms with Crippen LogP contribution in [0.1, 0.15) is 0 Å². The molecule has 2 heterocycles. The van der Waals surface area contributed by atoms with E-state index in [1.165, 1.54) is 27.2 Å².